The van der Waals surface area contributed by atoms with E-state index in [2.05, 4.69) is 10.6 Å². The Bertz CT molecular complexity index is 695. The molecule has 1 aromatic heterocycles. The van der Waals surface area contributed by atoms with Crippen LogP contribution < -0.4 is 10.6 Å². The fourth-order valence-corrected chi connectivity index (χ4v) is 3.13. The maximum absolute atomic E-state index is 11.7. The molecule has 1 aliphatic carbocycles. The highest BCUT2D eigenvalue weighted by molar-refractivity contribution is 7.12. The number of nitrogens with one attached hydrogen (secondary N) is 2. The smallest absolute Gasteiger partial charge is 0.309 e. The fourth-order valence-electron chi connectivity index (χ4n) is 2.16. The van der Waals surface area contributed by atoms with Gasteiger partial charge in [0.15, 0.2) is 0 Å². The third kappa shape index (κ3) is 4.18. The molecule has 1 aromatic carbocycles. The predicted molar refractivity (Wildman–Crippen MR) is 87.8 cm³/mol. The number of carbonyl (C=O) groups is 2. The number of hydrogen-bond acceptors (Lipinski definition) is 4. The van der Waals surface area contributed by atoms with E-state index in [1.165, 1.54) is 11.3 Å². The summed E-state index contributed by atoms with van der Waals surface area (Å²) in [7, 11) is 0. The van der Waals surface area contributed by atoms with E-state index < -0.39 is 17.9 Å². The molecule has 0 radical (unpaired) electrons. The first kappa shape index (κ1) is 15.7. The lowest BCUT2D eigenvalue weighted by Crippen LogP contribution is -2.40. The zero-order chi connectivity index (χ0) is 16.2. The van der Waals surface area contributed by atoms with Crippen molar-refractivity contribution in [2.45, 2.75) is 31.5 Å². The molecule has 120 valence electrons. The Labute approximate surface area is 138 Å². The Hall–Kier alpha value is -2.18. The summed E-state index contributed by atoms with van der Waals surface area (Å²) in [5.41, 5.74) is 0.828. The Morgan fingerprint density at radius 2 is 1.87 bits per heavy atom. The summed E-state index contributed by atoms with van der Waals surface area (Å²) in [6.07, 6.45) is 1.22. The molecule has 1 aliphatic rings. The van der Waals surface area contributed by atoms with Crippen molar-refractivity contribution in [1.29, 1.82) is 0 Å². The van der Waals surface area contributed by atoms with E-state index in [1.54, 1.807) is 0 Å². The van der Waals surface area contributed by atoms with Crippen molar-refractivity contribution < 1.29 is 14.7 Å². The van der Waals surface area contributed by atoms with E-state index in [0.29, 0.717) is 0 Å². The molecular weight excluding hydrogens is 312 g/mol. The third-order valence-electron chi connectivity index (χ3n) is 3.61. The van der Waals surface area contributed by atoms with Gasteiger partial charge in [-0.1, -0.05) is 30.3 Å². The van der Waals surface area contributed by atoms with Gasteiger partial charge in [-0.05, 0) is 30.5 Å². The van der Waals surface area contributed by atoms with Crippen LogP contribution in [-0.2, 0) is 16.1 Å². The minimum absolute atomic E-state index is 0.169. The van der Waals surface area contributed by atoms with Crippen molar-refractivity contribution in [1.82, 2.24) is 10.6 Å². The zero-order valence-corrected chi connectivity index (χ0v) is 13.3. The summed E-state index contributed by atoms with van der Waals surface area (Å²) in [4.78, 5) is 24.9. The second-order valence-corrected chi connectivity index (χ2v) is 6.75. The first-order chi connectivity index (χ1) is 11.1. The van der Waals surface area contributed by atoms with Gasteiger partial charge in [-0.3, -0.25) is 9.59 Å². The predicted octanol–water partition coefficient (Wildman–Crippen LogP) is 1.72. The summed E-state index contributed by atoms with van der Waals surface area (Å²) < 4.78 is 0. The maximum Gasteiger partial charge on any atom is 0.309 e. The van der Waals surface area contributed by atoms with Gasteiger partial charge in [0, 0.05) is 15.8 Å². The van der Waals surface area contributed by atoms with Gasteiger partial charge in [0.2, 0.25) is 0 Å². The highest BCUT2D eigenvalue weighted by atomic mass is 32.1. The van der Waals surface area contributed by atoms with Crippen LogP contribution in [0.25, 0.3) is 0 Å². The molecule has 1 saturated carbocycles. The van der Waals surface area contributed by atoms with Crippen LogP contribution in [0.15, 0.2) is 42.5 Å². The average molecular weight is 330 g/mol. The second kappa shape index (κ2) is 6.93. The number of hydrogen-bond donors (Lipinski definition) is 3. The number of carbonyl (C=O) groups excluding carboxylic acids is 2. The summed E-state index contributed by atoms with van der Waals surface area (Å²) in [6, 6.07) is 13.3. The maximum atomic E-state index is 11.7. The quantitative estimate of drug-likeness (QED) is 0.731. The van der Waals surface area contributed by atoms with E-state index in [4.69, 9.17) is 0 Å². The molecule has 1 unspecified atom stereocenters. The van der Waals surface area contributed by atoms with Crippen LogP contribution in [0.5, 0.6) is 0 Å². The first-order valence-electron chi connectivity index (χ1n) is 7.54. The normalized spacial score (nSPS) is 15.0. The SMILES string of the molecule is O=C(NCc1ccc(C(O)c2ccccc2)s1)C(=O)NC1CC1. The lowest BCUT2D eigenvalue weighted by Gasteiger charge is -2.08. The van der Waals surface area contributed by atoms with Gasteiger partial charge in [0.25, 0.3) is 0 Å². The van der Waals surface area contributed by atoms with E-state index in [1.807, 2.05) is 42.5 Å². The number of amides is 2. The van der Waals surface area contributed by atoms with Gasteiger partial charge in [-0.15, -0.1) is 11.3 Å². The van der Waals surface area contributed by atoms with Gasteiger partial charge in [0.05, 0.1) is 6.54 Å². The van der Waals surface area contributed by atoms with Crippen molar-refractivity contribution in [3.05, 3.63) is 57.8 Å². The van der Waals surface area contributed by atoms with Gasteiger partial charge in [-0.25, -0.2) is 0 Å². The largest absolute Gasteiger partial charge is 0.383 e. The third-order valence-corrected chi connectivity index (χ3v) is 4.75. The van der Waals surface area contributed by atoms with E-state index in [0.717, 1.165) is 28.2 Å². The molecule has 1 heterocycles. The van der Waals surface area contributed by atoms with Gasteiger partial charge >= 0.3 is 11.8 Å². The number of aliphatic hydroxyl groups is 1. The van der Waals surface area contributed by atoms with Crippen LogP contribution in [0.3, 0.4) is 0 Å². The molecule has 6 heteroatoms. The minimum atomic E-state index is -0.677. The summed E-state index contributed by atoms with van der Waals surface area (Å²) >= 11 is 1.42. The summed E-state index contributed by atoms with van der Waals surface area (Å²) in [5, 5.41) is 15.6. The van der Waals surface area contributed by atoms with Crippen LogP contribution in [0.4, 0.5) is 0 Å². The van der Waals surface area contributed by atoms with E-state index in [-0.39, 0.29) is 12.6 Å². The molecular formula is C17H18N2O3S. The van der Waals surface area contributed by atoms with Crippen LogP contribution in [-0.4, -0.2) is 23.0 Å². The Morgan fingerprint density at radius 3 is 2.57 bits per heavy atom. The van der Waals surface area contributed by atoms with Crippen molar-refractivity contribution in [3.8, 4) is 0 Å². The Kier molecular flexibility index (Phi) is 4.73. The molecule has 23 heavy (non-hydrogen) atoms. The van der Waals surface area contributed by atoms with Gasteiger partial charge < -0.3 is 15.7 Å². The van der Waals surface area contributed by atoms with Crippen molar-refractivity contribution >= 4 is 23.2 Å². The van der Waals surface area contributed by atoms with Crippen LogP contribution >= 0.6 is 11.3 Å². The Morgan fingerprint density at radius 1 is 1.13 bits per heavy atom. The number of rotatable bonds is 5. The molecule has 0 aliphatic heterocycles. The standard InChI is InChI=1S/C17H18N2O3S/c20-15(11-4-2-1-3-5-11)14-9-8-13(23-14)10-18-16(21)17(22)19-12-6-7-12/h1-5,8-9,12,15,20H,6-7,10H2,(H,18,21)(H,19,22). The minimum Gasteiger partial charge on any atom is -0.383 e. The number of benzene rings is 1. The number of aliphatic hydroxyl groups excluding tert-OH is 1. The van der Waals surface area contributed by atoms with Gasteiger partial charge in [0.1, 0.15) is 6.10 Å². The average Bonchev–Trinajstić information content (AvgIpc) is 3.26. The van der Waals surface area contributed by atoms with Crippen LogP contribution in [0.1, 0.15) is 34.3 Å². The molecule has 2 aromatic rings. The van der Waals surface area contributed by atoms with E-state index >= 15 is 0 Å². The first-order valence-corrected chi connectivity index (χ1v) is 8.35. The summed E-state index contributed by atoms with van der Waals surface area (Å²) in [5.74, 6) is -1.19. The van der Waals surface area contributed by atoms with Crippen molar-refractivity contribution in [2.24, 2.45) is 0 Å². The molecule has 5 nitrogen and oxygen atoms in total. The molecule has 1 fully saturated rings. The zero-order valence-electron chi connectivity index (χ0n) is 12.5. The molecule has 3 rings (SSSR count). The van der Waals surface area contributed by atoms with Crippen LogP contribution in [0.2, 0.25) is 0 Å². The van der Waals surface area contributed by atoms with Gasteiger partial charge in [-0.2, -0.15) is 0 Å². The Balaban J connectivity index is 1.54. The second-order valence-electron chi connectivity index (χ2n) is 5.55. The molecule has 2 amide bonds. The highest BCUT2D eigenvalue weighted by Gasteiger charge is 2.26. The van der Waals surface area contributed by atoms with Crippen molar-refractivity contribution in [3.63, 3.8) is 0 Å². The van der Waals surface area contributed by atoms with E-state index in [9.17, 15) is 14.7 Å². The molecule has 1 atom stereocenters. The van der Waals surface area contributed by atoms with Crippen molar-refractivity contribution in [2.75, 3.05) is 0 Å². The topological polar surface area (TPSA) is 78.4 Å². The summed E-state index contributed by atoms with van der Waals surface area (Å²) in [6.45, 7) is 0.281. The lowest BCUT2D eigenvalue weighted by atomic mass is 10.1. The lowest BCUT2D eigenvalue weighted by molar-refractivity contribution is -0.139. The highest BCUT2D eigenvalue weighted by Crippen LogP contribution is 2.28. The molecule has 0 spiro atoms. The van der Waals surface area contributed by atoms with Crippen LogP contribution in [0, 0.1) is 0 Å². The molecule has 0 saturated heterocycles. The molecule has 0 bridgehead atoms. The fraction of sp³-hybridized carbons (Fsp3) is 0.294. The number of thiophene rings is 1. The monoisotopic (exact) mass is 330 g/mol. The molecule has 3 N–H and O–H groups in total.